The van der Waals surface area contributed by atoms with Crippen LogP contribution < -0.4 is 0 Å². The Bertz CT molecular complexity index is 731. The molecule has 2 nitrogen and oxygen atoms in total. The Hall–Kier alpha value is -2.19. The van der Waals surface area contributed by atoms with Gasteiger partial charge in [0.15, 0.2) is 0 Å². The van der Waals surface area contributed by atoms with Crippen LogP contribution in [0.1, 0.15) is 22.9 Å². The van der Waals surface area contributed by atoms with E-state index in [1.54, 1.807) is 6.20 Å². The number of aromatic nitrogens is 1. The van der Waals surface area contributed by atoms with Crippen LogP contribution in [0, 0.1) is 6.92 Å². The lowest BCUT2D eigenvalue weighted by Gasteiger charge is -2.12. The number of rotatable bonds is 3. The molecular weight excluding hydrogens is 246 g/mol. The zero-order chi connectivity index (χ0) is 13.9. The van der Waals surface area contributed by atoms with Crippen molar-refractivity contribution in [1.29, 1.82) is 0 Å². The van der Waals surface area contributed by atoms with Gasteiger partial charge in [0, 0.05) is 12.6 Å². The van der Waals surface area contributed by atoms with Crippen LogP contribution in [0.4, 0.5) is 0 Å². The Morgan fingerprint density at radius 2 is 1.85 bits per heavy atom. The van der Waals surface area contributed by atoms with E-state index in [9.17, 15) is 5.11 Å². The van der Waals surface area contributed by atoms with Crippen molar-refractivity contribution in [1.82, 2.24) is 4.98 Å². The highest BCUT2D eigenvalue weighted by molar-refractivity contribution is 5.85. The average Bonchev–Trinajstić information content (AvgIpc) is 2.47. The predicted molar refractivity (Wildman–Crippen MR) is 81.6 cm³/mol. The van der Waals surface area contributed by atoms with E-state index in [0.717, 1.165) is 16.8 Å². The monoisotopic (exact) mass is 263 g/mol. The molecule has 2 aromatic carbocycles. The second-order valence-corrected chi connectivity index (χ2v) is 5.12. The van der Waals surface area contributed by atoms with Gasteiger partial charge in [-0.1, -0.05) is 42.5 Å². The molecular formula is C18H17NO. The van der Waals surface area contributed by atoms with E-state index in [4.69, 9.17) is 0 Å². The third-order valence-corrected chi connectivity index (χ3v) is 3.57. The first-order valence-corrected chi connectivity index (χ1v) is 6.81. The fraction of sp³-hybridized carbons (Fsp3) is 0.167. The van der Waals surface area contributed by atoms with Gasteiger partial charge in [-0.05, 0) is 41.0 Å². The zero-order valence-corrected chi connectivity index (χ0v) is 11.5. The van der Waals surface area contributed by atoms with Gasteiger partial charge in [0.05, 0.1) is 11.8 Å². The molecule has 0 amide bonds. The Morgan fingerprint density at radius 3 is 2.70 bits per heavy atom. The number of benzene rings is 2. The van der Waals surface area contributed by atoms with Crippen molar-refractivity contribution < 1.29 is 5.11 Å². The molecule has 1 N–H and O–H groups in total. The van der Waals surface area contributed by atoms with Crippen LogP contribution in [0.25, 0.3) is 10.8 Å². The predicted octanol–water partition coefficient (Wildman–Crippen LogP) is 3.82. The van der Waals surface area contributed by atoms with Crippen LogP contribution >= 0.6 is 0 Å². The molecule has 1 aromatic heterocycles. The largest absolute Gasteiger partial charge is 0.386 e. The Kier molecular flexibility index (Phi) is 3.48. The van der Waals surface area contributed by atoms with Gasteiger partial charge in [-0.2, -0.15) is 0 Å². The molecule has 0 fully saturated rings. The lowest BCUT2D eigenvalue weighted by atomic mass is 9.98. The molecule has 0 aliphatic rings. The van der Waals surface area contributed by atoms with Crippen LogP contribution in [-0.2, 0) is 6.42 Å². The number of pyridine rings is 1. The summed E-state index contributed by atoms with van der Waals surface area (Å²) in [6.45, 7) is 2.01. The van der Waals surface area contributed by atoms with Crippen molar-refractivity contribution in [2.75, 3.05) is 0 Å². The molecule has 20 heavy (non-hydrogen) atoms. The molecule has 0 bridgehead atoms. The minimum absolute atomic E-state index is 0.569. The summed E-state index contributed by atoms with van der Waals surface area (Å²) in [6.07, 6.45) is 1.76. The summed E-state index contributed by atoms with van der Waals surface area (Å²) in [4.78, 5) is 4.27. The molecule has 3 aromatic rings. The van der Waals surface area contributed by atoms with Crippen molar-refractivity contribution in [3.05, 3.63) is 77.6 Å². The van der Waals surface area contributed by atoms with Gasteiger partial charge in [-0.15, -0.1) is 0 Å². The van der Waals surface area contributed by atoms with Crippen LogP contribution in [0.3, 0.4) is 0 Å². The van der Waals surface area contributed by atoms with Gasteiger partial charge in [-0.25, -0.2) is 0 Å². The topological polar surface area (TPSA) is 33.1 Å². The summed E-state index contributed by atoms with van der Waals surface area (Å²) in [5.41, 5.74) is 3.00. The number of fused-ring (bicyclic) bond motifs is 1. The van der Waals surface area contributed by atoms with Gasteiger partial charge in [0.1, 0.15) is 0 Å². The van der Waals surface area contributed by atoms with Gasteiger partial charge in [-0.3, -0.25) is 4.98 Å². The number of aliphatic hydroxyl groups is 1. The summed E-state index contributed by atoms with van der Waals surface area (Å²) < 4.78 is 0. The number of aryl methyl sites for hydroxylation is 1. The first-order valence-electron chi connectivity index (χ1n) is 6.81. The molecule has 100 valence electrons. The molecule has 1 atom stereocenters. The maximum Gasteiger partial charge on any atom is 0.1000 e. The minimum atomic E-state index is -0.569. The van der Waals surface area contributed by atoms with Crippen molar-refractivity contribution in [2.24, 2.45) is 0 Å². The number of nitrogens with zero attached hydrogens (tertiary/aromatic N) is 1. The van der Waals surface area contributed by atoms with E-state index >= 15 is 0 Å². The lowest BCUT2D eigenvalue weighted by molar-refractivity contribution is 0.174. The van der Waals surface area contributed by atoms with Crippen molar-refractivity contribution in [3.63, 3.8) is 0 Å². The molecule has 0 radical (unpaired) electrons. The van der Waals surface area contributed by atoms with Gasteiger partial charge < -0.3 is 5.11 Å². The van der Waals surface area contributed by atoms with E-state index < -0.39 is 6.10 Å². The maximum absolute atomic E-state index is 10.4. The van der Waals surface area contributed by atoms with Crippen LogP contribution in [0.2, 0.25) is 0 Å². The molecule has 3 rings (SSSR count). The summed E-state index contributed by atoms with van der Waals surface area (Å²) in [5.74, 6) is 0. The van der Waals surface area contributed by atoms with Crippen LogP contribution in [0.15, 0.2) is 60.8 Å². The maximum atomic E-state index is 10.4. The lowest BCUT2D eigenvalue weighted by Crippen LogP contribution is -2.04. The third kappa shape index (κ3) is 2.56. The van der Waals surface area contributed by atoms with Crippen molar-refractivity contribution >= 4 is 10.8 Å². The standard InChI is InChI=1S/C18H17NO/c1-13-9-10-19-17(11-13)18(20)12-15-7-4-6-14-5-2-3-8-16(14)15/h2-11,18,20H,12H2,1H3. The molecule has 0 aliphatic carbocycles. The van der Waals surface area contributed by atoms with Gasteiger partial charge >= 0.3 is 0 Å². The molecule has 0 spiro atoms. The average molecular weight is 263 g/mol. The molecule has 1 heterocycles. The Balaban J connectivity index is 1.93. The number of hydrogen-bond donors (Lipinski definition) is 1. The number of aliphatic hydroxyl groups excluding tert-OH is 1. The van der Waals surface area contributed by atoms with Crippen molar-refractivity contribution in [3.8, 4) is 0 Å². The smallest absolute Gasteiger partial charge is 0.1000 e. The van der Waals surface area contributed by atoms with Crippen LogP contribution in [0.5, 0.6) is 0 Å². The quantitative estimate of drug-likeness (QED) is 0.779. The molecule has 0 aliphatic heterocycles. The minimum Gasteiger partial charge on any atom is -0.386 e. The fourth-order valence-corrected chi connectivity index (χ4v) is 2.53. The summed E-state index contributed by atoms with van der Waals surface area (Å²) in [7, 11) is 0. The fourth-order valence-electron chi connectivity index (χ4n) is 2.53. The van der Waals surface area contributed by atoms with E-state index in [1.165, 1.54) is 10.8 Å². The number of hydrogen-bond acceptors (Lipinski definition) is 2. The Morgan fingerprint density at radius 1 is 1.05 bits per heavy atom. The van der Waals surface area contributed by atoms with Crippen molar-refractivity contribution in [2.45, 2.75) is 19.4 Å². The second kappa shape index (κ2) is 5.43. The summed E-state index contributed by atoms with van der Waals surface area (Å²) >= 11 is 0. The van der Waals surface area contributed by atoms with Crippen LogP contribution in [-0.4, -0.2) is 10.1 Å². The van der Waals surface area contributed by atoms with E-state index in [1.807, 2.05) is 37.3 Å². The Labute approximate surface area is 118 Å². The first-order chi connectivity index (χ1) is 9.74. The second-order valence-electron chi connectivity index (χ2n) is 5.12. The third-order valence-electron chi connectivity index (χ3n) is 3.57. The normalized spacial score (nSPS) is 12.5. The zero-order valence-electron chi connectivity index (χ0n) is 11.5. The summed E-state index contributed by atoms with van der Waals surface area (Å²) in [5, 5.41) is 12.8. The molecule has 2 heteroatoms. The first kappa shape index (κ1) is 12.8. The summed E-state index contributed by atoms with van der Waals surface area (Å²) in [6, 6.07) is 18.3. The highest BCUT2D eigenvalue weighted by Gasteiger charge is 2.11. The SMILES string of the molecule is Cc1ccnc(C(O)Cc2cccc3ccccc23)c1. The highest BCUT2D eigenvalue weighted by atomic mass is 16.3. The highest BCUT2D eigenvalue weighted by Crippen LogP contribution is 2.24. The molecule has 0 saturated carbocycles. The van der Waals surface area contributed by atoms with Gasteiger partial charge in [0.2, 0.25) is 0 Å². The molecule has 0 saturated heterocycles. The van der Waals surface area contributed by atoms with E-state index in [2.05, 4.69) is 29.2 Å². The van der Waals surface area contributed by atoms with E-state index in [0.29, 0.717) is 6.42 Å². The van der Waals surface area contributed by atoms with Gasteiger partial charge in [0.25, 0.3) is 0 Å². The van der Waals surface area contributed by atoms with E-state index in [-0.39, 0.29) is 0 Å². The molecule has 1 unspecified atom stereocenters.